The van der Waals surface area contributed by atoms with Crippen LogP contribution in [-0.2, 0) is 6.61 Å². The fourth-order valence-corrected chi connectivity index (χ4v) is 3.52. The van der Waals surface area contributed by atoms with Gasteiger partial charge < -0.3 is 9.47 Å². The maximum Gasteiger partial charge on any atom is 0.269 e. The Morgan fingerprint density at radius 2 is 1.88 bits per heavy atom. The molecule has 3 aromatic carbocycles. The monoisotopic (exact) mass is 468 g/mol. The number of nitriles is 1. The molecule has 32 heavy (non-hydrogen) atoms. The zero-order chi connectivity index (χ0) is 23.1. The van der Waals surface area contributed by atoms with E-state index >= 15 is 0 Å². The van der Waals surface area contributed by atoms with E-state index in [1.165, 1.54) is 12.1 Å². The first-order chi connectivity index (χ1) is 15.4. The predicted octanol–water partition coefficient (Wildman–Crippen LogP) is 6.94. The summed E-state index contributed by atoms with van der Waals surface area (Å²) < 4.78 is 11.5. The first kappa shape index (κ1) is 23.1. The number of nitro groups is 1. The molecule has 6 nitrogen and oxygen atoms in total. The summed E-state index contributed by atoms with van der Waals surface area (Å²) in [4.78, 5) is 10.5. The molecule has 0 atom stereocenters. The second-order valence-electron chi connectivity index (χ2n) is 6.63. The van der Waals surface area contributed by atoms with Gasteiger partial charge in [-0.15, -0.1) is 0 Å². The van der Waals surface area contributed by atoms with Crippen LogP contribution in [0.3, 0.4) is 0 Å². The molecule has 0 heterocycles. The molecule has 0 fully saturated rings. The molecule has 3 aromatic rings. The largest absolute Gasteiger partial charge is 0.490 e. The second kappa shape index (κ2) is 10.7. The standard InChI is InChI=1S/C24H18Cl2N2O4/c1-2-31-23-13-17(10-18(14-27)20-8-3-4-9-21(20)25)12-22(26)24(23)32-15-16-6-5-7-19(11-16)28(29)30/h3-13H,2,15H2,1H3. The number of allylic oxidation sites excluding steroid dienone is 1. The van der Waals surface area contributed by atoms with E-state index in [2.05, 4.69) is 6.07 Å². The number of hydrogen-bond donors (Lipinski definition) is 0. The Morgan fingerprint density at radius 1 is 1.09 bits per heavy atom. The van der Waals surface area contributed by atoms with Gasteiger partial charge in [-0.1, -0.05) is 53.5 Å². The normalized spacial score (nSPS) is 11.0. The highest BCUT2D eigenvalue weighted by Crippen LogP contribution is 2.38. The fraction of sp³-hybridized carbons (Fsp3) is 0.125. The van der Waals surface area contributed by atoms with Crippen LogP contribution in [0.5, 0.6) is 11.5 Å². The molecule has 0 unspecified atom stereocenters. The zero-order valence-corrected chi connectivity index (χ0v) is 18.6. The third-order valence-corrected chi connectivity index (χ3v) is 5.04. The van der Waals surface area contributed by atoms with Crippen molar-refractivity contribution >= 4 is 40.5 Å². The average molecular weight is 469 g/mol. The minimum absolute atomic E-state index is 0.0219. The predicted molar refractivity (Wildman–Crippen MR) is 125 cm³/mol. The molecule has 8 heteroatoms. The van der Waals surface area contributed by atoms with Gasteiger partial charge in [0, 0.05) is 22.7 Å². The van der Waals surface area contributed by atoms with Crippen molar-refractivity contribution in [2.45, 2.75) is 13.5 Å². The Labute approximate surface area is 195 Å². The highest BCUT2D eigenvalue weighted by atomic mass is 35.5. The van der Waals surface area contributed by atoms with Crippen LogP contribution < -0.4 is 9.47 Å². The van der Waals surface area contributed by atoms with Crippen molar-refractivity contribution < 1.29 is 14.4 Å². The lowest BCUT2D eigenvalue weighted by Gasteiger charge is -2.15. The van der Waals surface area contributed by atoms with Crippen LogP contribution in [0.25, 0.3) is 11.6 Å². The first-order valence-corrected chi connectivity index (χ1v) is 10.4. The van der Waals surface area contributed by atoms with E-state index in [9.17, 15) is 15.4 Å². The van der Waals surface area contributed by atoms with Crippen LogP contribution in [0.2, 0.25) is 10.0 Å². The summed E-state index contributed by atoms with van der Waals surface area (Å²) >= 11 is 12.7. The van der Waals surface area contributed by atoms with Crippen molar-refractivity contribution in [1.29, 1.82) is 5.26 Å². The van der Waals surface area contributed by atoms with Crippen LogP contribution in [0, 0.1) is 21.4 Å². The molecular formula is C24H18Cl2N2O4. The van der Waals surface area contributed by atoms with Crippen LogP contribution in [0.1, 0.15) is 23.6 Å². The van der Waals surface area contributed by atoms with Gasteiger partial charge in [-0.3, -0.25) is 10.1 Å². The highest BCUT2D eigenvalue weighted by molar-refractivity contribution is 6.33. The highest BCUT2D eigenvalue weighted by Gasteiger charge is 2.15. The van der Waals surface area contributed by atoms with Crippen molar-refractivity contribution in [1.82, 2.24) is 0 Å². The number of ether oxygens (including phenoxy) is 2. The molecule has 0 radical (unpaired) electrons. The summed E-state index contributed by atoms with van der Waals surface area (Å²) in [6, 6.07) is 18.8. The summed E-state index contributed by atoms with van der Waals surface area (Å²) in [6.07, 6.45) is 1.67. The van der Waals surface area contributed by atoms with Gasteiger partial charge in [-0.2, -0.15) is 5.26 Å². The van der Waals surface area contributed by atoms with E-state index in [1.807, 2.05) is 6.92 Å². The third kappa shape index (κ3) is 5.58. The number of hydrogen-bond acceptors (Lipinski definition) is 5. The Hall–Kier alpha value is -3.53. The van der Waals surface area contributed by atoms with Crippen molar-refractivity contribution in [3.63, 3.8) is 0 Å². The lowest BCUT2D eigenvalue weighted by atomic mass is 10.0. The van der Waals surface area contributed by atoms with Gasteiger partial charge >= 0.3 is 0 Å². The number of nitro benzene ring substituents is 1. The SMILES string of the molecule is CCOc1cc(C=C(C#N)c2ccccc2Cl)cc(Cl)c1OCc1cccc([N+](=O)[O-])c1. The van der Waals surface area contributed by atoms with Gasteiger partial charge in [-0.05, 0) is 42.3 Å². The molecule has 3 rings (SSSR count). The Morgan fingerprint density at radius 3 is 2.56 bits per heavy atom. The van der Waals surface area contributed by atoms with E-state index in [1.54, 1.807) is 54.6 Å². The summed E-state index contributed by atoms with van der Waals surface area (Å²) in [5.41, 5.74) is 2.22. The van der Waals surface area contributed by atoms with Crippen molar-refractivity contribution in [2.24, 2.45) is 0 Å². The Kier molecular flexibility index (Phi) is 7.72. The molecule has 0 aliphatic carbocycles. The molecule has 162 valence electrons. The number of nitrogens with zero attached hydrogens (tertiary/aromatic N) is 2. The Balaban J connectivity index is 1.93. The summed E-state index contributed by atoms with van der Waals surface area (Å²) in [6.45, 7) is 2.26. The van der Waals surface area contributed by atoms with Gasteiger partial charge in [-0.25, -0.2) is 0 Å². The molecule has 0 aliphatic rings. The molecule has 0 N–H and O–H groups in total. The quantitative estimate of drug-likeness (QED) is 0.154. The minimum Gasteiger partial charge on any atom is -0.490 e. The smallest absolute Gasteiger partial charge is 0.269 e. The van der Waals surface area contributed by atoms with E-state index in [0.29, 0.717) is 45.4 Å². The maximum absolute atomic E-state index is 11.0. The van der Waals surface area contributed by atoms with E-state index < -0.39 is 4.92 Å². The fourth-order valence-electron chi connectivity index (χ4n) is 3.01. The molecule has 0 bridgehead atoms. The number of halogens is 2. The van der Waals surface area contributed by atoms with Gasteiger partial charge in [0.1, 0.15) is 6.61 Å². The lowest BCUT2D eigenvalue weighted by Crippen LogP contribution is -2.01. The summed E-state index contributed by atoms with van der Waals surface area (Å²) in [5.74, 6) is 0.710. The molecular weight excluding hydrogens is 451 g/mol. The number of benzene rings is 3. The van der Waals surface area contributed by atoms with Gasteiger partial charge in [0.2, 0.25) is 0 Å². The van der Waals surface area contributed by atoms with Gasteiger partial charge in [0.05, 0.1) is 28.2 Å². The number of rotatable bonds is 8. The van der Waals surface area contributed by atoms with Crippen molar-refractivity contribution in [3.8, 4) is 17.6 Å². The summed E-state index contributed by atoms with van der Waals surface area (Å²) in [5, 5.41) is 21.3. The second-order valence-corrected chi connectivity index (χ2v) is 7.44. The van der Waals surface area contributed by atoms with Crippen molar-refractivity contribution in [3.05, 3.63) is 97.5 Å². The van der Waals surface area contributed by atoms with Gasteiger partial charge in [0.15, 0.2) is 11.5 Å². The van der Waals surface area contributed by atoms with Crippen LogP contribution in [0.4, 0.5) is 5.69 Å². The molecule has 0 amide bonds. The molecule has 0 aliphatic heterocycles. The van der Waals surface area contributed by atoms with E-state index in [-0.39, 0.29) is 17.3 Å². The van der Waals surface area contributed by atoms with Crippen LogP contribution >= 0.6 is 23.2 Å². The van der Waals surface area contributed by atoms with E-state index in [4.69, 9.17) is 32.7 Å². The zero-order valence-electron chi connectivity index (χ0n) is 17.0. The lowest BCUT2D eigenvalue weighted by molar-refractivity contribution is -0.384. The molecule has 0 saturated carbocycles. The Bertz CT molecular complexity index is 1220. The maximum atomic E-state index is 11.0. The summed E-state index contributed by atoms with van der Waals surface area (Å²) in [7, 11) is 0. The average Bonchev–Trinajstić information content (AvgIpc) is 2.78. The topological polar surface area (TPSA) is 85.4 Å². The van der Waals surface area contributed by atoms with Crippen LogP contribution in [-0.4, -0.2) is 11.5 Å². The van der Waals surface area contributed by atoms with Crippen LogP contribution in [0.15, 0.2) is 60.7 Å². The van der Waals surface area contributed by atoms with E-state index in [0.717, 1.165) is 0 Å². The first-order valence-electron chi connectivity index (χ1n) is 9.62. The van der Waals surface area contributed by atoms with Gasteiger partial charge in [0.25, 0.3) is 5.69 Å². The molecule has 0 aromatic heterocycles. The third-order valence-electron chi connectivity index (χ3n) is 4.43. The van der Waals surface area contributed by atoms with Crippen molar-refractivity contribution in [2.75, 3.05) is 6.61 Å². The molecule has 0 spiro atoms. The minimum atomic E-state index is -0.463. The molecule has 0 saturated heterocycles. The number of non-ortho nitro benzene ring substituents is 1.